The Morgan fingerprint density at radius 3 is 2.85 bits per heavy atom. The molecule has 1 saturated carbocycles. The van der Waals surface area contributed by atoms with Gasteiger partial charge < -0.3 is 11.1 Å². The van der Waals surface area contributed by atoms with Gasteiger partial charge in [-0.3, -0.25) is 4.79 Å². The molecule has 2 unspecified atom stereocenters. The van der Waals surface area contributed by atoms with Crippen molar-refractivity contribution in [2.75, 3.05) is 6.54 Å². The van der Waals surface area contributed by atoms with Crippen LogP contribution in [0.3, 0.4) is 0 Å². The van der Waals surface area contributed by atoms with Gasteiger partial charge in [-0.15, -0.1) is 0 Å². The Labute approximate surface area is 129 Å². The zero-order valence-electron chi connectivity index (χ0n) is 11.4. The summed E-state index contributed by atoms with van der Waals surface area (Å²) in [5.74, 6) is 0.499. The molecule has 1 amide bonds. The summed E-state index contributed by atoms with van der Waals surface area (Å²) in [6, 6.07) is 5.61. The van der Waals surface area contributed by atoms with Crippen LogP contribution >= 0.6 is 23.2 Å². The van der Waals surface area contributed by atoms with E-state index in [1.165, 1.54) is 0 Å². The second-order valence-corrected chi connectivity index (χ2v) is 6.18. The van der Waals surface area contributed by atoms with Crippen LogP contribution in [0, 0.1) is 5.92 Å². The molecule has 110 valence electrons. The zero-order valence-corrected chi connectivity index (χ0v) is 12.9. The predicted molar refractivity (Wildman–Crippen MR) is 83.1 cm³/mol. The van der Waals surface area contributed by atoms with Gasteiger partial charge in [0.05, 0.1) is 0 Å². The van der Waals surface area contributed by atoms with Gasteiger partial charge in [0.25, 0.3) is 0 Å². The van der Waals surface area contributed by atoms with E-state index in [0.29, 0.717) is 35.3 Å². The second kappa shape index (κ2) is 7.30. The van der Waals surface area contributed by atoms with Gasteiger partial charge >= 0.3 is 0 Å². The third-order valence-electron chi connectivity index (χ3n) is 3.94. The average molecular weight is 315 g/mol. The van der Waals surface area contributed by atoms with Crippen LogP contribution < -0.4 is 11.1 Å². The first-order valence-corrected chi connectivity index (χ1v) is 7.79. The fourth-order valence-electron chi connectivity index (χ4n) is 2.76. The number of nitrogens with one attached hydrogen (secondary N) is 1. The van der Waals surface area contributed by atoms with Crippen molar-refractivity contribution in [3.05, 3.63) is 33.8 Å². The van der Waals surface area contributed by atoms with E-state index in [1.807, 2.05) is 6.07 Å². The van der Waals surface area contributed by atoms with Crippen LogP contribution in [-0.4, -0.2) is 18.5 Å². The maximum Gasteiger partial charge on any atom is 0.220 e. The Kier molecular flexibility index (Phi) is 5.70. The molecule has 3 N–H and O–H groups in total. The van der Waals surface area contributed by atoms with Crippen LogP contribution in [0.5, 0.6) is 0 Å². The van der Waals surface area contributed by atoms with Crippen LogP contribution in [0.25, 0.3) is 0 Å². The van der Waals surface area contributed by atoms with Crippen molar-refractivity contribution in [3.63, 3.8) is 0 Å². The van der Waals surface area contributed by atoms with Crippen molar-refractivity contribution in [2.45, 2.75) is 38.1 Å². The molecule has 0 spiro atoms. The summed E-state index contributed by atoms with van der Waals surface area (Å²) in [6.07, 6.45) is 4.37. The highest BCUT2D eigenvalue weighted by Crippen LogP contribution is 2.25. The van der Waals surface area contributed by atoms with Crippen molar-refractivity contribution >= 4 is 29.1 Å². The van der Waals surface area contributed by atoms with Crippen molar-refractivity contribution in [1.82, 2.24) is 5.32 Å². The monoisotopic (exact) mass is 314 g/mol. The number of aryl methyl sites for hydroxylation is 1. The molecule has 5 heteroatoms. The molecule has 0 heterocycles. The van der Waals surface area contributed by atoms with E-state index < -0.39 is 0 Å². The third kappa shape index (κ3) is 4.11. The molecule has 2 atom stereocenters. The number of carbonyl (C=O) groups is 1. The van der Waals surface area contributed by atoms with E-state index in [1.54, 1.807) is 12.1 Å². The van der Waals surface area contributed by atoms with Gasteiger partial charge in [-0.1, -0.05) is 35.7 Å². The summed E-state index contributed by atoms with van der Waals surface area (Å²) < 4.78 is 0. The van der Waals surface area contributed by atoms with E-state index in [9.17, 15) is 4.79 Å². The summed E-state index contributed by atoms with van der Waals surface area (Å²) in [5, 5.41) is 4.32. The fraction of sp³-hybridized carbons (Fsp3) is 0.533. The number of nitrogens with two attached hydrogens (primary N) is 1. The van der Waals surface area contributed by atoms with Gasteiger partial charge in [0.1, 0.15) is 0 Å². The lowest BCUT2D eigenvalue weighted by atomic mass is 10.0. The fourth-order valence-corrected chi connectivity index (χ4v) is 3.26. The largest absolute Gasteiger partial charge is 0.353 e. The number of halogens is 2. The molecule has 0 aromatic heterocycles. The highest BCUT2D eigenvalue weighted by atomic mass is 35.5. The Morgan fingerprint density at radius 1 is 1.35 bits per heavy atom. The SMILES string of the molecule is NCC1CCCC1NC(=O)CCc1ccc(Cl)cc1Cl. The van der Waals surface area contributed by atoms with Gasteiger partial charge in [0.2, 0.25) is 5.91 Å². The maximum absolute atomic E-state index is 12.0. The maximum atomic E-state index is 12.0. The van der Waals surface area contributed by atoms with Gasteiger partial charge in [-0.25, -0.2) is 0 Å². The quantitative estimate of drug-likeness (QED) is 0.877. The Hall–Kier alpha value is -0.770. The molecule has 1 aliphatic carbocycles. The first kappa shape index (κ1) is 15.6. The van der Waals surface area contributed by atoms with Gasteiger partial charge in [-0.05, 0) is 49.4 Å². The Balaban J connectivity index is 1.83. The summed E-state index contributed by atoms with van der Waals surface area (Å²) in [7, 11) is 0. The van der Waals surface area contributed by atoms with Gasteiger partial charge in [0, 0.05) is 22.5 Å². The normalized spacial score (nSPS) is 21.9. The molecule has 1 fully saturated rings. The lowest BCUT2D eigenvalue weighted by Crippen LogP contribution is -2.39. The molecule has 0 saturated heterocycles. The van der Waals surface area contributed by atoms with Crippen LogP contribution in [0.15, 0.2) is 18.2 Å². The molecule has 1 aromatic rings. The average Bonchev–Trinajstić information content (AvgIpc) is 2.85. The van der Waals surface area contributed by atoms with Crippen LogP contribution in [0.4, 0.5) is 0 Å². The minimum absolute atomic E-state index is 0.0707. The Bertz CT molecular complexity index is 479. The first-order chi connectivity index (χ1) is 9.60. The summed E-state index contributed by atoms with van der Waals surface area (Å²) >= 11 is 11.9. The number of carbonyl (C=O) groups excluding carboxylic acids is 1. The number of amides is 1. The molecular weight excluding hydrogens is 295 g/mol. The van der Waals surface area contributed by atoms with E-state index in [4.69, 9.17) is 28.9 Å². The highest BCUT2D eigenvalue weighted by molar-refractivity contribution is 6.35. The lowest BCUT2D eigenvalue weighted by Gasteiger charge is -2.19. The van der Waals surface area contributed by atoms with Crippen molar-refractivity contribution in [1.29, 1.82) is 0 Å². The van der Waals surface area contributed by atoms with E-state index in [0.717, 1.165) is 24.8 Å². The Morgan fingerprint density at radius 2 is 2.15 bits per heavy atom. The molecule has 0 radical (unpaired) electrons. The van der Waals surface area contributed by atoms with E-state index in [-0.39, 0.29) is 11.9 Å². The molecule has 3 nitrogen and oxygen atoms in total. The first-order valence-electron chi connectivity index (χ1n) is 7.03. The molecule has 2 rings (SSSR count). The number of benzene rings is 1. The van der Waals surface area contributed by atoms with Crippen molar-refractivity contribution < 1.29 is 4.79 Å². The highest BCUT2D eigenvalue weighted by Gasteiger charge is 2.27. The second-order valence-electron chi connectivity index (χ2n) is 5.34. The third-order valence-corrected chi connectivity index (χ3v) is 4.53. The lowest BCUT2D eigenvalue weighted by molar-refractivity contribution is -0.122. The standard InChI is InChI=1S/C15H20Cl2N2O/c16-12-6-4-10(13(17)8-12)5-7-15(20)19-14-3-1-2-11(14)9-18/h4,6,8,11,14H,1-3,5,7,9,18H2,(H,19,20). The summed E-state index contributed by atoms with van der Waals surface area (Å²) in [4.78, 5) is 12.0. The van der Waals surface area contributed by atoms with E-state index >= 15 is 0 Å². The van der Waals surface area contributed by atoms with Crippen LogP contribution in [0.2, 0.25) is 10.0 Å². The smallest absolute Gasteiger partial charge is 0.220 e. The number of hydrogen-bond donors (Lipinski definition) is 2. The van der Waals surface area contributed by atoms with Gasteiger partial charge in [0.15, 0.2) is 0 Å². The zero-order chi connectivity index (χ0) is 14.5. The molecule has 0 aliphatic heterocycles. The molecule has 0 bridgehead atoms. The van der Waals surface area contributed by atoms with Crippen molar-refractivity contribution in [2.24, 2.45) is 11.7 Å². The summed E-state index contributed by atoms with van der Waals surface area (Å²) in [6.45, 7) is 0.647. The van der Waals surface area contributed by atoms with Crippen molar-refractivity contribution in [3.8, 4) is 0 Å². The topological polar surface area (TPSA) is 55.1 Å². The molecule has 1 aliphatic rings. The molecule has 20 heavy (non-hydrogen) atoms. The van der Waals surface area contributed by atoms with Gasteiger partial charge in [-0.2, -0.15) is 0 Å². The predicted octanol–water partition coefficient (Wildman–Crippen LogP) is 3.17. The number of rotatable bonds is 5. The van der Waals surface area contributed by atoms with E-state index in [2.05, 4.69) is 5.32 Å². The van der Waals surface area contributed by atoms with Crippen LogP contribution in [0.1, 0.15) is 31.2 Å². The minimum Gasteiger partial charge on any atom is -0.353 e. The minimum atomic E-state index is 0.0707. The summed E-state index contributed by atoms with van der Waals surface area (Å²) in [5.41, 5.74) is 6.67. The molecular formula is C15H20Cl2N2O. The van der Waals surface area contributed by atoms with Crippen LogP contribution in [-0.2, 0) is 11.2 Å². The molecule has 1 aromatic carbocycles. The number of hydrogen-bond acceptors (Lipinski definition) is 2.